The Labute approximate surface area is 243 Å². The summed E-state index contributed by atoms with van der Waals surface area (Å²) in [5, 5.41) is 18.8. The summed E-state index contributed by atoms with van der Waals surface area (Å²) in [4.78, 5) is 19.1. The Kier molecular flexibility index (Phi) is 9.42. The molecular formula is C31H34N6O5. The van der Waals surface area contributed by atoms with E-state index in [1.807, 2.05) is 47.1 Å². The molecule has 1 aliphatic heterocycles. The van der Waals surface area contributed by atoms with E-state index in [1.54, 1.807) is 42.5 Å². The Hall–Kier alpha value is -4.74. The fourth-order valence-electron chi connectivity index (χ4n) is 4.65. The normalized spacial score (nSPS) is 14.0. The first-order valence-corrected chi connectivity index (χ1v) is 13.8. The molecule has 0 radical (unpaired) electrons. The predicted molar refractivity (Wildman–Crippen MR) is 161 cm³/mol. The molecule has 5 rings (SSSR count). The van der Waals surface area contributed by atoms with E-state index in [2.05, 4.69) is 10.1 Å². The second kappa shape index (κ2) is 13.7. The van der Waals surface area contributed by atoms with Crippen LogP contribution in [0.15, 0.2) is 76.8 Å². The minimum atomic E-state index is -0.0241. The number of hydrogen-bond donors (Lipinski definition) is 2. The molecule has 11 nitrogen and oxygen atoms in total. The number of nitrogens with two attached hydrogens (primary N) is 1. The van der Waals surface area contributed by atoms with Gasteiger partial charge in [-0.1, -0.05) is 12.1 Å². The Morgan fingerprint density at radius 3 is 2.50 bits per heavy atom. The first-order chi connectivity index (χ1) is 20.6. The molecule has 3 aromatic carbocycles. The first kappa shape index (κ1) is 28.8. The lowest BCUT2D eigenvalue weighted by Crippen LogP contribution is -2.40. The number of aliphatic hydroxyl groups excluding tert-OH is 1. The molecule has 0 aliphatic carbocycles. The molecule has 1 aliphatic rings. The second-order valence-electron chi connectivity index (χ2n) is 9.68. The van der Waals surface area contributed by atoms with Gasteiger partial charge in [-0.15, -0.1) is 0 Å². The van der Waals surface area contributed by atoms with Crippen LogP contribution in [0.25, 0.3) is 10.9 Å². The maximum absolute atomic E-state index is 12.8. The Morgan fingerprint density at radius 1 is 1.07 bits per heavy atom. The molecule has 1 fully saturated rings. The number of ether oxygens (including phenoxy) is 3. The summed E-state index contributed by atoms with van der Waals surface area (Å²) in [6.45, 7) is 3.23. The van der Waals surface area contributed by atoms with Crippen LogP contribution >= 0.6 is 0 Å². The summed E-state index contributed by atoms with van der Waals surface area (Å²) in [6, 6.07) is 20.6. The van der Waals surface area contributed by atoms with Crippen molar-refractivity contribution >= 4 is 34.4 Å². The molecule has 0 spiro atoms. The zero-order chi connectivity index (χ0) is 29.3. The highest BCUT2D eigenvalue weighted by atomic mass is 16.5. The molecule has 0 saturated carbocycles. The van der Waals surface area contributed by atoms with Crippen molar-refractivity contribution in [3.8, 4) is 11.5 Å². The van der Waals surface area contributed by atoms with Gasteiger partial charge in [-0.2, -0.15) is 10.2 Å². The lowest BCUT2D eigenvalue weighted by atomic mass is 10.1. The van der Waals surface area contributed by atoms with Crippen LogP contribution in [-0.2, 0) is 11.3 Å². The second-order valence-corrected chi connectivity index (χ2v) is 9.68. The molecule has 1 saturated heterocycles. The van der Waals surface area contributed by atoms with E-state index in [9.17, 15) is 4.79 Å². The van der Waals surface area contributed by atoms with Crippen molar-refractivity contribution < 1.29 is 24.1 Å². The van der Waals surface area contributed by atoms with Gasteiger partial charge in [-0.05, 0) is 60.2 Å². The van der Waals surface area contributed by atoms with Crippen molar-refractivity contribution in [3.05, 3.63) is 83.6 Å². The molecule has 218 valence electrons. The zero-order valence-electron chi connectivity index (χ0n) is 23.5. The predicted octanol–water partition coefficient (Wildman–Crippen LogP) is 3.39. The number of rotatable bonds is 11. The van der Waals surface area contributed by atoms with Gasteiger partial charge in [0.15, 0.2) is 0 Å². The average molecular weight is 571 g/mol. The smallest absolute Gasteiger partial charge is 0.254 e. The molecule has 11 heteroatoms. The third kappa shape index (κ3) is 6.76. The van der Waals surface area contributed by atoms with E-state index < -0.39 is 0 Å². The number of fused-ring (bicyclic) bond motifs is 1. The molecule has 2 heterocycles. The number of methoxy groups -OCH3 is 1. The lowest BCUT2D eigenvalue weighted by molar-refractivity contribution is 0.0303. The number of benzene rings is 3. The summed E-state index contributed by atoms with van der Waals surface area (Å²) in [7, 11) is 1.64. The van der Waals surface area contributed by atoms with Gasteiger partial charge < -0.3 is 30.1 Å². The maximum atomic E-state index is 12.8. The standard InChI is InChI=1S/C31H34N6O5/c1-40-25-9-3-22(4-10-25)21-37-29-12-11-26(42-16-2-15-38)19-27(29)30(35-37)28(34-32)20-33-24-7-5-23(6-8-24)31(39)36-13-17-41-18-14-36/h3-12,19-20,38H,2,13-18,21,32H2,1H3. The number of nitrogens with zero attached hydrogens (tertiary/aromatic N) is 5. The van der Waals surface area contributed by atoms with Crippen LogP contribution < -0.4 is 15.3 Å². The van der Waals surface area contributed by atoms with Gasteiger partial charge in [0.1, 0.15) is 22.9 Å². The van der Waals surface area contributed by atoms with Gasteiger partial charge in [0.2, 0.25) is 0 Å². The van der Waals surface area contributed by atoms with Crippen molar-refractivity contribution in [2.24, 2.45) is 15.9 Å². The van der Waals surface area contributed by atoms with Crippen LogP contribution in [-0.4, -0.2) is 84.2 Å². The van der Waals surface area contributed by atoms with Crippen LogP contribution in [0.3, 0.4) is 0 Å². The van der Waals surface area contributed by atoms with Gasteiger partial charge in [-0.3, -0.25) is 14.5 Å². The number of amides is 1. The fraction of sp³-hybridized carbons (Fsp3) is 0.290. The molecule has 0 bridgehead atoms. The molecule has 1 aromatic heterocycles. The van der Waals surface area contributed by atoms with E-state index >= 15 is 0 Å². The molecular weight excluding hydrogens is 536 g/mol. The van der Waals surface area contributed by atoms with Crippen molar-refractivity contribution in [2.45, 2.75) is 13.0 Å². The third-order valence-corrected chi connectivity index (χ3v) is 6.91. The SMILES string of the molecule is COc1ccc(Cn2nc(C(C=Nc3ccc(C(=O)N4CCOCC4)cc3)=NN)c3cc(OCCCO)ccc32)cc1. The van der Waals surface area contributed by atoms with Crippen LogP contribution in [0, 0.1) is 0 Å². The summed E-state index contributed by atoms with van der Waals surface area (Å²) in [6.07, 6.45) is 2.10. The first-order valence-electron chi connectivity index (χ1n) is 13.8. The summed E-state index contributed by atoms with van der Waals surface area (Å²) >= 11 is 0. The van der Waals surface area contributed by atoms with Crippen LogP contribution in [0.4, 0.5) is 5.69 Å². The molecule has 3 N–H and O–H groups in total. The van der Waals surface area contributed by atoms with Gasteiger partial charge in [0.05, 0.1) is 50.9 Å². The van der Waals surface area contributed by atoms with E-state index in [-0.39, 0.29) is 12.5 Å². The van der Waals surface area contributed by atoms with Gasteiger partial charge in [0.25, 0.3) is 5.91 Å². The van der Waals surface area contributed by atoms with Crippen LogP contribution in [0.2, 0.25) is 0 Å². The summed E-state index contributed by atoms with van der Waals surface area (Å²) in [5.41, 5.74) is 4.09. The highest BCUT2D eigenvalue weighted by Gasteiger charge is 2.19. The number of morpholine rings is 1. The zero-order valence-corrected chi connectivity index (χ0v) is 23.5. The Bertz CT molecular complexity index is 1560. The molecule has 42 heavy (non-hydrogen) atoms. The Balaban J connectivity index is 1.41. The van der Waals surface area contributed by atoms with E-state index in [1.165, 1.54) is 0 Å². The summed E-state index contributed by atoms with van der Waals surface area (Å²) in [5.74, 6) is 7.25. The molecule has 0 unspecified atom stereocenters. The number of aromatic nitrogens is 2. The lowest BCUT2D eigenvalue weighted by Gasteiger charge is -2.26. The van der Waals surface area contributed by atoms with Gasteiger partial charge in [-0.25, -0.2) is 0 Å². The van der Waals surface area contributed by atoms with Crippen molar-refractivity contribution in [2.75, 3.05) is 46.6 Å². The monoisotopic (exact) mass is 570 g/mol. The summed E-state index contributed by atoms with van der Waals surface area (Å²) < 4.78 is 18.3. The van der Waals surface area contributed by atoms with Crippen molar-refractivity contribution in [1.29, 1.82) is 0 Å². The quantitative estimate of drug-likeness (QED) is 0.122. The topological polar surface area (TPSA) is 137 Å². The average Bonchev–Trinajstić information content (AvgIpc) is 3.39. The Morgan fingerprint density at radius 2 is 1.81 bits per heavy atom. The highest BCUT2D eigenvalue weighted by Crippen LogP contribution is 2.26. The van der Waals surface area contributed by atoms with Gasteiger partial charge in [0, 0.05) is 37.1 Å². The van der Waals surface area contributed by atoms with Crippen LogP contribution in [0.1, 0.15) is 28.0 Å². The van der Waals surface area contributed by atoms with E-state index in [4.69, 9.17) is 30.3 Å². The third-order valence-electron chi connectivity index (χ3n) is 6.91. The number of hydrazone groups is 1. The minimum Gasteiger partial charge on any atom is -0.497 e. The van der Waals surface area contributed by atoms with Gasteiger partial charge >= 0.3 is 0 Å². The maximum Gasteiger partial charge on any atom is 0.254 e. The largest absolute Gasteiger partial charge is 0.497 e. The number of carbonyl (C=O) groups is 1. The van der Waals surface area contributed by atoms with Crippen LogP contribution in [0.5, 0.6) is 11.5 Å². The van der Waals surface area contributed by atoms with Crippen molar-refractivity contribution in [1.82, 2.24) is 14.7 Å². The fourth-order valence-corrected chi connectivity index (χ4v) is 4.65. The van der Waals surface area contributed by atoms with E-state index in [0.29, 0.717) is 74.3 Å². The number of hydrogen-bond acceptors (Lipinski definition) is 9. The van der Waals surface area contributed by atoms with Crippen molar-refractivity contribution in [3.63, 3.8) is 0 Å². The highest BCUT2D eigenvalue weighted by molar-refractivity contribution is 6.40. The van der Waals surface area contributed by atoms with E-state index in [0.717, 1.165) is 22.2 Å². The molecule has 1 amide bonds. The minimum absolute atomic E-state index is 0.0241. The number of aliphatic hydroxyl groups is 1. The number of aliphatic imine (C=N–C) groups is 1. The molecule has 0 atom stereocenters. The molecule has 4 aromatic rings. The number of carbonyl (C=O) groups excluding carboxylic acids is 1.